The van der Waals surface area contributed by atoms with Crippen LogP contribution in [0.5, 0.6) is 0 Å². The summed E-state index contributed by atoms with van der Waals surface area (Å²) < 4.78 is 14.7. The Morgan fingerprint density at radius 2 is 2.09 bits per heavy atom. The molecular weight excluding hydrogens is 347 g/mol. The first kappa shape index (κ1) is 15.0. The van der Waals surface area contributed by atoms with Gasteiger partial charge in [0.1, 0.15) is 5.82 Å². The zero-order valence-electron chi connectivity index (χ0n) is 12.2. The summed E-state index contributed by atoms with van der Waals surface area (Å²) in [6.45, 7) is 0.835. The lowest BCUT2D eigenvalue weighted by molar-refractivity contribution is -0.117. The number of hydrogen-bond donors (Lipinski definition) is 0. The minimum atomic E-state index is -0.341. The second-order valence-corrected chi connectivity index (χ2v) is 6.29. The molecule has 0 N–H and O–H groups in total. The molecule has 0 atom stereocenters. The SMILES string of the molecule is CN(CC(=O)N1CCc2ccccc21)c1ccc(Br)cc1F. The minimum absolute atomic E-state index is 0.0187. The van der Waals surface area contributed by atoms with Gasteiger partial charge in [0.05, 0.1) is 12.2 Å². The van der Waals surface area contributed by atoms with E-state index in [1.807, 2.05) is 24.3 Å². The van der Waals surface area contributed by atoms with Gasteiger partial charge in [0.15, 0.2) is 0 Å². The molecule has 3 rings (SSSR count). The number of halogens is 2. The summed E-state index contributed by atoms with van der Waals surface area (Å²) in [5.74, 6) is -0.360. The van der Waals surface area contributed by atoms with Crippen LogP contribution in [0.25, 0.3) is 0 Å². The summed E-state index contributed by atoms with van der Waals surface area (Å²) in [4.78, 5) is 15.9. The van der Waals surface area contributed by atoms with Crippen molar-refractivity contribution in [3.05, 3.63) is 58.3 Å². The Labute approximate surface area is 137 Å². The highest BCUT2D eigenvalue weighted by Crippen LogP contribution is 2.28. The molecule has 114 valence electrons. The van der Waals surface area contributed by atoms with Gasteiger partial charge in [-0.2, -0.15) is 0 Å². The molecule has 5 heteroatoms. The lowest BCUT2D eigenvalue weighted by Gasteiger charge is -2.24. The van der Waals surface area contributed by atoms with Crippen LogP contribution in [-0.4, -0.2) is 26.0 Å². The minimum Gasteiger partial charge on any atom is -0.363 e. The summed E-state index contributed by atoms with van der Waals surface area (Å²) in [7, 11) is 1.73. The van der Waals surface area contributed by atoms with Crippen LogP contribution in [0.1, 0.15) is 5.56 Å². The zero-order valence-corrected chi connectivity index (χ0v) is 13.8. The van der Waals surface area contributed by atoms with E-state index in [4.69, 9.17) is 0 Å². The Bertz CT molecular complexity index is 720. The van der Waals surface area contributed by atoms with Gasteiger partial charge in [-0.1, -0.05) is 34.1 Å². The number of benzene rings is 2. The van der Waals surface area contributed by atoms with E-state index in [9.17, 15) is 9.18 Å². The van der Waals surface area contributed by atoms with E-state index >= 15 is 0 Å². The van der Waals surface area contributed by atoms with Crippen molar-refractivity contribution in [2.45, 2.75) is 6.42 Å². The van der Waals surface area contributed by atoms with Crippen LogP contribution in [0.3, 0.4) is 0 Å². The second-order valence-electron chi connectivity index (χ2n) is 5.38. The first-order valence-electron chi connectivity index (χ1n) is 7.11. The Hall–Kier alpha value is -1.88. The van der Waals surface area contributed by atoms with Gasteiger partial charge >= 0.3 is 0 Å². The molecule has 1 aliphatic rings. The molecule has 1 heterocycles. The highest BCUT2D eigenvalue weighted by atomic mass is 79.9. The third-order valence-electron chi connectivity index (χ3n) is 3.88. The fraction of sp³-hybridized carbons (Fsp3) is 0.235. The van der Waals surface area contributed by atoms with Crippen LogP contribution in [0.15, 0.2) is 46.9 Å². The fourth-order valence-electron chi connectivity index (χ4n) is 2.76. The Morgan fingerprint density at radius 3 is 2.86 bits per heavy atom. The first-order chi connectivity index (χ1) is 10.6. The normalized spacial score (nSPS) is 13.1. The molecule has 0 bridgehead atoms. The Balaban J connectivity index is 1.75. The van der Waals surface area contributed by atoms with Gasteiger partial charge in [0, 0.05) is 23.8 Å². The van der Waals surface area contributed by atoms with E-state index in [-0.39, 0.29) is 18.3 Å². The van der Waals surface area contributed by atoms with Crippen molar-refractivity contribution in [2.24, 2.45) is 0 Å². The summed E-state index contributed by atoms with van der Waals surface area (Å²) in [5, 5.41) is 0. The fourth-order valence-corrected chi connectivity index (χ4v) is 3.09. The Morgan fingerprint density at radius 1 is 1.32 bits per heavy atom. The smallest absolute Gasteiger partial charge is 0.246 e. The van der Waals surface area contributed by atoms with Crippen molar-refractivity contribution in [3.63, 3.8) is 0 Å². The van der Waals surface area contributed by atoms with Gasteiger partial charge in [0.2, 0.25) is 5.91 Å². The van der Waals surface area contributed by atoms with Crippen molar-refractivity contribution < 1.29 is 9.18 Å². The Kier molecular flexibility index (Phi) is 4.16. The van der Waals surface area contributed by atoms with E-state index in [2.05, 4.69) is 15.9 Å². The third kappa shape index (κ3) is 2.86. The predicted octanol–water partition coefficient (Wildman–Crippen LogP) is 3.61. The molecule has 0 aromatic heterocycles. The molecule has 0 saturated heterocycles. The van der Waals surface area contributed by atoms with Gasteiger partial charge in [-0.25, -0.2) is 4.39 Å². The van der Waals surface area contributed by atoms with E-state index in [1.54, 1.807) is 29.0 Å². The molecule has 0 radical (unpaired) electrons. The lowest BCUT2D eigenvalue weighted by Crippen LogP contribution is -2.38. The number of anilines is 2. The predicted molar refractivity (Wildman–Crippen MR) is 89.9 cm³/mol. The van der Waals surface area contributed by atoms with Crippen LogP contribution >= 0.6 is 15.9 Å². The summed E-state index contributed by atoms with van der Waals surface area (Å²) >= 11 is 3.23. The van der Waals surface area contributed by atoms with Crippen LogP contribution in [-0.2, 0) is 11.2 Å². The molecule has 3 nitrogen and oxygen atoms in total. The standard InChI is InChI=1S/C17H16BrFN2O/c1-20(16-7-6-13(18)10-14(16)19)11-17(22)21-9-8-12-4-2-3-5-15(12)21/h2-7,10H,8-9,11H2,1H3. The topological polar surface area (TPSA) is 23.6 Å². The molecule has 2 aromatic carbocycles. The largest absolute Gasteiger partial charge is 0.363 e. The van der Waals surface area contributed by atoms with Crippen molar-refractivity contribution in [1.29, 1.82) is 0 Å². The average molecular weight is 363 g/mol. The number of hydrogen-bond acceptors (Lipinski definition) is 2. The molecule has 0 aliphatic carbocycles. The highest BCUT2D eigenvalue weighted by Gasteiger charge is 2.25. The second kappa shape index (κ2) is 6.08. The van der Waals surface area contributed by atoms with E-state index in [0.717, 1.165) is 12.1 Å². The first-order valence-corrected chi connectivity index (χ1v) is 7.90. The quantitative estimate of drug-likeness (QED) is 0.832. The molecule has 22 heavy (non-hydrogen) atoms. The molecule has 0 spiro atoms. The van der Waals surface area contributed by atoms with E-state index in [1.165, 1.54) is 11.6 Å². The molecule has 1 aliphatic heterocycles. The monoisotopic (exact) mass is 362 g/mol. The van der Waals surface area contributed by atoms with Crippen molar-refractivity contribution in [3.8, 4) is 0 Å². The number of rotatable bonds is 3. The summed E-state index contributed by atoms with van der Waals surface area (Å²) in [6, 6.07) is 12.8. The molecular formula is C17H16BrFN2O. The van der Waals surface area contributed by atoms with Crippen molar-refractivity contribution in [1.82, 2.24) is 0 Å². The number of likely N-dealkylation sites (N-methyl/N-ethyl adjacent to an activating group) is 1. The zero-order chi connectivity index (χ0) is 15.7. The van der Waals surface area contributed by atoms with Gasteiger partial charge < -0.3 is 9.80 Å². The van der Waals surface area contributed by atoms with Crippen LogP contribution in [0.4, 0.5) is 15.8 Å². The highest BCUT2D eigenvalue weighted by molar-refractivity contribution is 9.10. The number of amides is 1. The van der Waals surface area contributed by atoms with Crippen molar-refractivity contribution in [2.75, 3.05) is 29.9 Å². The van der Waals surface area contributed by atoms with Crippen LogP contribution in [0, 0.1) is 5.82 Å². The maximum absolute atomic E-state index is 14.0. The van der Waals surface area contributed by atoms with E-state index in [0.29, 0.717) is 16.7 Å². The van der Waals surface area contributed by atoms with Gasteiger partial charge in [0.25, 0.3) is 0 Å². The van der Waals surface area contributed by atoms with Gasteiger partial charge in [-0.15, -0.1) is 0 Å². The van der Waals surface area contributed by atoms with Gasteiger partial charge in [-0.05, 0) is 36.2 Å². The maximum atomic E-state index is 14.0. The van der Waals surface area contributed by atoms with Crippen molar-refractivity contribution >= 4 is 33.2 Å². The number of nitrogens with zero attached hydrogens (tertiary/aromatic N) is 2. The molecule has 0 fully saturated rings. The number of fused-ring (bicyclic) bond motifs is 1. The average Bonchev–Trinajstić information content (AvgIpc) is 2.91. The maximum Gasteiger partial charge on any atom is 0.246 e. The summed E-state index contributed by atoms with van der Waals surface area (Å²) in [6.07, 6.45) is 0.873. The van der Waals surface area contributed by atoms with E-state index < -0.39 is 0 Å². The van der Waals surface area contributed by atoms with Crippen LogP contribution < -0.4 is 9.80 Å². The molecule has 1 amide bonds. The van der Waals surface area contributed by atoms with Crippen LogP contribution in [0.2, 0.25) is 0 Å². The molecule has 2 aromatic rings. The lowest BCUT2D eigenvalue weighted by atomic mass is 10.2. The number of carbonyl (C=O) groups excluding carboxylic acids is 1. The number of carbonyl (C=O) groups is 1. The molecule has 0 saturated carbocycles. The third-order valence-corrected chi connectivity index (χ3v) is 4.37. The number of para-hydroxylation sites is 1. The molecule has 0 unspecified atom stereocenters. The van der Waals surface area contributed by atoms with Gasteiger partial charge in [-0.3, -0.25) is 4.79 Å². The summed E-state index contributed by atoms with van der Waals surface area (Å²) in [5.41, 5.74) is 2.58.